The van der Waals surface area contributed by atoms with E-state index in [0.717, 1.165) is 20.6 Å². The molecule has 3 aromatic carbocycles. The standard InChI is InChI=1S/C22H24N2O4S/c1-16(18-9-8-17-6-4-5-7-19(17)14-18)23-22(25)15-24(2)29(26,27)21-12-10-20(28-3)11-13-21/h4-14,16H,15H2,1-3H3,(H,23,25). The molecule has 1 amide bonds. The van der Waals surface area contributed by atoms with Crippen LogP contribution in [0.25, 0.3) is 10.8 Å². The summed E-state index contributed by atoms with van der Waals surface area (Å²) in [6.45, 7) is 1.60. The van der Waals surface area contributed by atoms with E-state index in [1.165, 1.54) is 26.3 Å². The zero-order valence-corrected chi connectivity index (χ0v) is 17.4. The van der Waals surface area contributed by atoms with Crippen molar-refractivity contribution in [1.82, 2.24) is 9.62 Å². The van der Waals surface area contributed by atoms with E-state index in [2.05, 4.69) is 5.32 Å². The lowest BCUT2D eigenvalue weighted by molar-refractivity contribution is -0.121. The first-order valence-electron chi connectivity index (χ1n) is 9.19. The van der Waals surface area contributed by atoms with Gasteiger partial charge in [-0.25, -0.2) is 8.42 Å². The zero-order valence-electron chi connectivity index (χ0n) is 16.6. The van der Waals surface area contributed by atoms with E-state index in [4.69, 9.17) is 4.74 Å². The molecule has 0 saturated heterocycles. The molecule has 0 bridgehead atoms. The molecule has 0 heterocycles. The molecule has 1 unspecified atom stereocenters. The van der Waals surface area contributed by atoms with Crippen molar-refractivity contribution in [3.63, 3.8) is 0 Å². The van der Waals surface area contributed by atoms with Gasteiger partial charge in [0.1, 0.15) is 5.75 Å². The Morgan fingerprint density at radius 2 is 1.69 bits per heavy atom. The molecule has 0 aromatic heterocycles. The number of rotatable bonds is 7. The van der Waals surface area contributed by atoms with E-state index in [9.17, 15) is 13.2 Å². The van der Waals surface area contributed by atoms with Gasteiger partial charge in [0.05, 0.1) is 24.6 Å². The van der Waals surface area contributed by atoms with Crippen LogP contribution < -0.4 is 10.1 Å². The quantitative estimate of drug-likeness (QED) is 0.646. The van der Waals surface area contributed by atoms with Crippen molar-refractivity contribution in [2.24, 2.45) is 0 Å². The third kappa shape index (κ3) is 4.75. The van der Waals surface area contributed by atoms with E-state index in [1.807, 2.05) is 49.4 Å². The molecule has 6 nitrogen and oxygen atoms in total. The largest absolute Gasteiger partial charge is 0.497 e. The number of ether oxygens (including phenoxy) is 1. The Bertz CT molecular complexity index is 1110. The monoisotopic (exact) mass is 412 g/mol. The minimum absolute atomic E-state index is 0.108. The number of nitrogens with zero attached hydrogens (tertiary/aromatic N) is 1. The second-order valence-electron chi connectivity index (χ2n) is 6.83. The Morgan fingerprint density at radius 1 is 1.03 bits per heavy atom. The first-order chi connectivity index (χ1) is 13.8. The summed E-state index contributed by atoms with van der Waals surface area (Å²) < 4.78 is 31.4. The van der Waals surface area contributed by atoms with Crippen LogP contribution in [0.1, 0.15) is 18.5 Å². The minimum Gasteiger partial charge on any atom is -0.497 e. The van der Waals surface area contributed by atoms with Crippen molar-refractivity contribution in [1.29, 1.82) is 0 Å². The number of carbonyl (C=O) groups is 1. The van der Waals surface area contributed by atoms with Crippen molar-refractivity contribution < 1.29 is 17.9 Å². The molecule has 1 N–H and O–H groups in total. The summed E-state index contributed by atoms with van der Waals surface area (Å²) in [5, 5.41) is 5.08. The highest BCUT2D eigenvalue weighted by Gasteiger charge is 2.23. The van der Waals surface area contributed by atoms with E-state index < -0.39 is 10.0 Å². The Balaban J connectivity index is 1.66. The van der Waals surface area contributed by atoms with Crippen LogP contribution in [0.5, 0.6) is 5.75 Å². The molecule has 0 saturated carbocycles. The molecule has 0 aliphatic rings. The number of benzene rings is 3. The maximum absolute atomic E-state index is 12.7. The molecule has 0 aliphatic carbocycles. The summed E-state index contributed by atoms with van der Waals surface area (Å²) in [6, 6.07) is 19.8. The van der Waals surface area contributed by atoms with Crippen LogP contribution in [0.15, 0.2) is 71.6 Å². The van der Waals surface area contributed by atoms with E-state index in [0.29, 0.717) is 5.75 Å². The zero-order chi connectivity index (χ0) is 21.0. The lowest BCUT2D eigenvalue weighted by Crippen LogP contribution is -2.39. The summed E-state index contributed by atoms with van der Waals surface area (Å²) in [4.78, 5) is 12.5. The Kier molecular flexibility index (Phi) is 6.20. The normalized spacial score (nSPS) is 12.7. The van der Waals surface area contributed by atoms with Gasteiger partial charge in [-0.15, -0.1) is 0 Å². The first-order valence-corrected chi connectivity index (χ1v) is 10.6. The van der Waals surface area contributed by atoms with Crippen LogP contribution in [-0.2, 0) is 14.8 Å². The third-order valence-corrected chi connectivity index (χ3v) is 6.60. The molecular formula is C22H24N2O4S. The number of hydrogen-bond donors (Lipinski definition) is 1. The fourth-order valence-corrected chi connectivity index (χ4v) is 4.19. The number of amides is 1. The summed E-state index contributed by atoms with van der Waals surface area (Å²) in [7, 11) is -0.872. The Labute approximate surface area is 171 Å². The lowest BCUT2D eigenvalue weighted by atomic mass is 10.0. The van der Waals surface area contributed by atoms with Crippen LogP contribution >= 0.6 is 0 Å². The molecule has 3 aromatic rings. The number of nitrogens with one attached hydrogen (secondary N) is 1. The number of hydrogen-bond acceptors (Lipinski definition) is 4. The minimum atomic E-state index is -3.77. The van der Waals surface area contributed by atoms with Gasteiger partial charge in [0.15, 0.2) is 0 Å². The van der Waals surface area contributed by atoms with Gasteiger partial charge in [-0.2, -0.15) is 4.31 Å². The van der Waals surface area contributed by atoms with Crippen molar-refractivity contribution in [3.05, 3.63) is 72.3 Å². The molecule has 0 radical (unpaired) electrons. The maximum atomic E-state index is 12.7. The summed E-state index contributed by atoms with van der Waals surface area (Å²) in [5.74, 6) is 0.193. The molecule has 7 heteroatoms. The maximum Gasteiger partial charge on any atom is 0.243 e. The average Bonchev–Trinajstić information content (AvgIpc) is 2.73. The molecular weight excluding hydrogens is 388 g/mol. The number of methoxy groups -OCH3 is 1. The Morgan fingerprint density at radius 3 is 2.34 bits per heavy atom. The van der Waals surface area contributed by atoms with Gasteiger partial charge in [-0.05, 0) is 53.6 Å². The van der Waals surface area contributed by atoms with Crippen LogP contribution in [0.2, 0.25) is 0 Å². The van der Waals surface area contributed by atoms with Gasteiger partial charge >= 0.3 is 0 Å². The van der Waals surface area contributed by atoms with Crippen LogP contribution in [0.4, 0.5) is 0 Å². The van der Waals surface area contributed by atoms with Gasteiger partial charge in [0, 0.05) is 7.05 Å². The molecule has 152 valence electrons. The number of likely N-dealkylation sites (N-methyl/N-ethyl adjacent to an activating group) is 1. The molecule has 3 rings (SSSR count). The first kappa shape index (κ1) is 20.8. The second-order valence-corrected chi connectivity index (χ2v) is 8.88. The topological polar surface area (TPSA) is 75.7 Å². The fourth-order valence-electron chi connectivity index (χ4n) is 3.06. The highest BCUT2D eigenvalue weighted by molar-refractivity contribution is 7.89. The SMILES string of the molecule is COc1ccc(S(=O)(=O)N(C)CC(=O)NC(C)c2ccc3ccccc3c2)cc1. The van der Waals surface area contributed by atoms with Gasteiger partial charge in [0.25, 0.3) is 0 Å². The Hall–Kier alpha value is -2.90. The van der Waals surface area contributed by atoms with Crippen LogP contribution in [0, 0.1) is 0 Å². The van der Waals surface area contributed by atoms with Gasteiger partial charge in [-0.3, -0.25) is 4.79 Å². The summed E-state index contributed by atoms with van der Waals surface area (Å²) in [5.41, 5.74) is 0.956. The van der Waals surface area contributed by atoms with Crippen LogP contribution in [-0.4, -0.2) is 39.3 Å². The number of fused-ring (bicyclic) bond motifs is 1. The predicted molar refractivity (Wildman–Crippen MR) is 113 cm³/mol. The summed E-state index contributed by atoms with van der Waals surface area (Å²) >= 11 is 0. The molecule has 0 aliphatic heterocycles. The molecule has 1 atom stereocenters. The second kappa shape index (κ2) is 8.63. The van der Waals surface area contributed by atoms with E-state index in [-0.39, 0.29) is 23.4 Å². The van der Waals surface area contributed by atoms with Gasteiger partial charge in [0.2, 0.25) is 15.9 Å². The van der Waals surface area contributed by atoms with Crippen LogP contribution in [0.3, 0.4) is 0 Å². The lowest BCUT2D eigenvalue weighted by Gasteiger charge is -2.20. The van der Waals surface area contributed by atoms with Crippen molar-refractivity contribution in [2.45, 2.75) is 17.9 Å². The van der Waals surface area contributed by atoms with Crippen molar-refractivity contribution in [2.75, 3.05) is 20.7 Å². The summed E-state index contributed by atoms with van der Waals surface area (Å²) in [6.07, 6.45) is 0. The van der Waals surface area contributed by atoms with E-state index >= 15 is 0 Å². The van der Waals surface area contributed by atoms with E-state index in [1.54, 1.807) is 12.1 Å². The highest BCUT2D eigenvalue weighted by atomic mass is 32.2. The van der Waals surface area contributed by atoms with Gasteiger partial charge < -0.3 is 10.1 Å². The molecule has 0 spiro atoms. The molecule has 29 heavy (non-hydrogen) atoms. The average molecular weight is 413 g/mol. The van der Waals surface area contributed by atoms with Gasteiger partial charge in [-0.1, -0.05) is 36.4 Å². The fraction of sp³-hybridized carbons (Fsp3) is 0.227. The smallest absolute Gasteiger partial charge is 0.243 e. The third-order valence-electron chi connectivity index (χ3n) is 4.78. The van der Waals surface area contributed by atoms with Crippen molar-refractivity contribution in [3.8, 4) is 5.75 Å². The predicted octanol–water partition coefficient (Wildman–Crippen LogP) is 3.35. The highest BCUT2D eigenvalue weighted by Crippen LogP contribution is 2.21. The van der Waals surface area contributed by atoms with Crippen molar-refractivity contribution >= 4 is 26.7 Å². The number of carbonyl (C=O) groups excluding carboxylic acids is 1. The molecule has 0 fully saturated rings. The number of sulfonamides is 1.